The van der Waals surface area contributed by atoms with E-state index in [1.54, 1.807) is 13.1 Å². The molecule has 0 aromatic heterocycles. The van der Waals surface area contributed by atoms with E-state index < -0.39 is 10.0 Å². The molecule has 8 heteroatoms. The van der Waals surface area contributed by atoms with Crippen molar-refractivity contribution in [3.8, 4) is 0 Å². The molecule has 0 N–H and O–H groups in total. The third kappa shape index (κ3) is 4.33. The predicted molar refractivity (Wildman–Crippen MR) is 99.6 cm³/mol. The van der Waals surface area contributed by atoms with Crippen molar-refractivity contribution in [2.75, 3.05) is 21.1 Å². The molecule has 2 rings (SSSR count). The number of hydrogen-bond donors (Lipinski definition) is 0. The minimum Gasteiger partial charge on any atom is -0.337 e. The van der Waals surface area contributed by atoms with Gasteiger partial charge in [-0.15, -0.1) is 0 Å². The van der Waals surface area contributed by atoms with Crippen LogP contribution in [0.5, 0.6) is 0 Å². The molecular formula is C17H18Cl2N2O3S. The van der Waals surface area contributed by atoms with E-state index >= 15 is 0 Å². The van der Waals surface area contributed by atoms with Crippen LogP contribution in [0.4, 0.5) is 0 Å². The first-order valence-electron chi connectivity index (χ1n) is 7.35. The van der Waals surface area contributed by atoms with Gasteiger partial charge in [-0.1, -0.05) is 41.4 Å². The summed E-state index contributed by atoms with van der Waals surface area (Å²) in [7, 11) is 0.693. The van der Waals surface area contributed by atoms with Crippen LogP contribution < -0.4 is 0 Å². The molecule has 0 atom stereocenters. The zero-order valence-corrected chi connectivity index (χ0v) is 16.4. The smallest absolute Gasteiger partial charge is 0.253 e. The molecule has 2 aromatic carbocycles. The van der Waals surface area contributed by atoms with Gasteiger partial charge in [-0.3, -0.25) is 4.79 Å². The lowest BCUT2D eigenvalue weighted by Gasteiger charge is -2.19. The number of rotatable bonds is 5. The highest BCUT2D eigenvalue weighted by Gasteiger charge is 2.23. The van der Waals surface area contributed by atoms with Crippen LogP contribution in [-0.2, 0) is 16.6 Å². The Kier molecular flexibility index (Phi) is 6.11. The number of amides is 1. The highest BCUT2D eigenvalue weighted by atomic mass is 35.5. The number of carbonyl (C=O) groups is 1. The molecule has 0 aliphatic carbocycles. The van der Waals surface area contributed by atoms with Gasteiger partial charge in [0, 0.05) is 38.3 Å². The lowest BCUT2D eigenvalue weighted by Crippen LogP contribution is -2.27. The number of hydrogen-bond acceptors (Lipinski definition) is 3. The Morgan fingerprint density at radius 2 is 1.64 bits per heavy atom. The largest absolute Gasteiger partial charge is 0.337 e. The summed E-state index contributed by atoms with van der Waals surface area (Å²) in [6.45, 7) is 0.302. The van der Waals surface area contributed by atoms with E-state index in [0.717, 1.165) is 9.87 Å². The first-order valence-corrected chi connectivity index (χ1v) is 9.55. The van der Waals surface area contributed by atoms with Gasteiger partial charge in [0.2, 0.25) is 10.0 Å². The number of sulfonamides is 1. The Bertz CT molecular complexity index is 899. The standard InChI is InChI=1S/C17H18Cl2N2O3S/c1-20(2)25(23,24)16-10-12(8-9-15(16)19)17(22)21(3)11-13-6-4-5-7-14(13)18/h4-10H,11H2,1-3H3. The maximum atomic E-state index is 12.7. The maximum absolute atomic E-state index is 12.7. The van der Waals surface area contributed by atoms with Crippen molar-refractivity contribution in [3.63, 3.8) is 0 Å². The average molecular weight is 401 g/mol. The van der Waals surface area contributed by atoms with Gasteiger partial charge in [-0.05, 0) is 29.8 Å². The summed E-state index contributed by atoms with van der Waals surface area (Å²) in [6.07, 6.45) is 0. The zero-order chi connectivity index (χ0) is 18.8. The predicted octanol–water partition coefficient (Wildman–Crippen LogP) is 3.52. The molecule has 0 saturated heterocycles. The fourth-order valence-electron chi connectivity index (χ4n) is 2.21. The highest BCUT2D eigenvalue weighted by molar-refractivity contribution is 7.89. The van der Waals surface area contributed by atoms with Crippen LogP contribution in [-0.4, -0.2) is 44.7 Å². The van der Waals surface area contributed by atoms with Crippen molar-refractivity contribution >= 4 is 39.1 Å². The summed E-state index contributed by atoms with van der Waals surface area (Å²) >= 11 is 12.1. The zero-order valence-electron chi connectivity index (χ0n) is 14.0. The molecule has 0 fully saturated rings. The van der Waals surface area contributed by atoms with Gasteiger partial charge in [0.15, 0.2) is 0 Å². The molecule has 5 nitrogen and oxygen atoms in total. The molecule has 25 heavy (non-hydrogen) atoms. The lowest BCUT2D eigenvalue weighted by molar-refractivity contribution is 0.0785. The van der Waals surface area contributed by atoms with Crippen molar-refractivity contribution in [1.82, 2.24) is 9.21 Å². The van der Waals surface area contributed by atoms with E-state index in [-0.39, 0.29) is 21.4 Å². The molecule has 0 unspecified atom stereocenters. The highest BCUT2D eigenvalue weighted by Crippen LogP contribution is 2.26. The monoisotopic (exact) mass is 400 g/mol. The molecule has 0 spiro atoms. The summed E-state index contributed by atoms with van der Waals surface area (Å²) in [6, 6.07) is 11.4. The van der Waals surface area contributed by atoms with Crippen molar-refractivity contribution < 1.29 is 13.2 Å². The van der Waals surface area contributed by atoms with Gasteiger partial charge in [0.1, 0.15) is 4.90 Å². The van der Waals surface area contributed by atoms with Crippen LogP contribution in [0.25, 0.3) is 0 Å². The molecule has 0 aliphatic heterocycles. The van der Waals surface area contributed by atoms with E-state index in [4.69, 9.17) is 23.2 Å². The third-order valence-corrected chi connectivity index (χ3v) is 6.31. The molecular weight excluding hydrogens is 383 g/mol. The molecule has 2 aromatic rings. The number of nitrogens with zero attached hydrogens (tertiary/aromatic N) is 2. The molecule has 0 heterocycles. The molecule has 0 aliphatic rings. The van der Waals surface area contributed by atoms with Crippen LogP contribution in [0.1, 0.15) is 15.9 Å². The Morgan fingerprint density at radius 3 is 2.24 bits per heavy atom. The van der Waals surface area contributed by atoms with E-state index in [1.165, 1.54) is 37.2 Å². The van der Waals surface area contributed by atoms with Gasteiger partial charge >= 0.3 is 0 Å². The molecule has 0 radical (unpaired) electrons. The van der Waals surface area contributed by atoms with Gasteiger partial charge in [0.05, 0.1) is 5.02 Å². The summed E-state index contributed by atoms with van der Waals surface area (Å²) in [5.41, 5.74) is 1.04. The Morgan fingerprint density at radius 1 is 1.00 bits per heavy atom. The third-order valence-electron chi connectivity index (χ3n) is 3.65. The number of benzene rings is 2. The minimum atomic E-state index is -3.75. The molecule has 0 saturated carbocycles. The molecule has 1 amide bonds. The molecule has 134 valence electrons. The van der Waals surface area contributed by atoms with Crippen molar-refractivity contribution in [3.05, 3.63) is 63.6 Å². The second-order valence-electron chi connectivity index (χ2n) is 5.69. The Balaban J connectivity index is 2.32. The summed E-state index contributed by atoms with van der Waals surface area (Å²) < 4.78 is 25.7. The number of carbonyl (C=O) groups excluding carboxylic acids is 1. The second kappa shape index (κ2) is 7.74. The van der Waals surface area contributed by atoms with Crippen LogP contribution >= 0.6 is 23.2 Å². The van der Waals surface area contributed by atoms with Crippen LogP contribution in [0, 0.1) is 0 Å². The normalized spacial score (nSPS) is 11.6. The van der Waals surface area contributed by atoms with Crippen molar-refractivity contribution in [2.24, 2.45) is 0 Å². The summed E-state index contributed by atoms with van der Waals surface area (Å²) in [4.78, 5) is 14.0. The Hall–Kier alpha value is -1.60. The van der Waals surface area contributed by atoms with E-state index in [2.05, 4.69) is 0 Å². The van der Waals surface area contributed by atoms with Crippen molar-refractivity contribution in [1.29, 1.82) is 0 Å². The van der Waals surface area contributed by atoms with Crippen LogP contribution in [0.15, 0.2) is 47.4 Å². The lowest BCUT2D eigenvalue weighted by atomic mass is 10.1. The van der Waals surface area contributed by atoms with E-state index in [1.807, 2.05) is 18.2 Å². The van der Waals surface area contributed by atoms with Crippen LogP contribution in [0.2, 0.25) is 10.0 Å². The first-order chi connectivity index (χ1) is 11.6. The number of halogens is 2. The fourth-order valence-corrected chi connectivity index (χ4v) is 3.79. The van der Waals surface area contributed by atoms with Gasteiger partial charge in [-0.25, -0.2) is 12.7 Å². The Labute approximate surface area is 157 Å². The van der Waals surface area contributed by atoms with Gasteiger partial charge in [0.25, 0.3) is 5.91 Å². The first kappa shape index (κ1) is 19.7. The van der Waals surface area contributed by atoms with Gasteiger partial charge < -0.3 is 4.90 Å². The minimum absolute atomic E-state index is 0.0685. The molecule has 0 bridgehead atoms. The summed E-state index contributed by atoms with van der Waals surface area (Å²) in [5.74, 6) is -0.327. The quantitative estimate of drug-likeness (QED) is 0.771. The van der Waals surface area contributed by atoms with Crippen molar-refractivity contribution in [2.45, 2.75) is 11.4 Å². The van der Waals surface area contributed by atoms with Gasteiger partial charge in [-0.2, -0.15) is 0 Å². The second-order valence-corrected chi connectivity index (χ2v) is 8.62. The SMILES string of the molecule is CN(Cc1ccccc1Cl)C(=O)c1ccc(Cl)c(S(=O)(=O)N(C)C)c1. The fraction of sp³-hybridized carbons (Fsp3) is 0.235. The van der Waals surface area contributed by atoms with E-state index in [9.17, 15) is 13.2 Å². The summed E-state index contributed by atoms with van der Waals surface area (Å²) in [5, 5.41) is 0.633. The topological polar surface area (TPSA) is 57.7 Å². The van der Waals surface area contributed by atoms with Crippen LogP contribution in [0.3, 0.4) is 0 Å². The van der Waals surface area contributed by atoms with E-state index in [0.29, 0.717) is 11.6 Å². The average Bonchev–Trinajstić information content (AvgIpc) is 2.56. The maximum Gasteiger partial charge on any atom is 0.253 e.